The number of anilines is 1. The Hall–Kier alpha value is -3.32. The molecule has 1 aromatic carbocycles. The fourth-order valence-electron chi connectivity index (χ4n) is 4.00. The Morgan fingerprint density at radius 1 is 1.06 bits per heavy atom. The van der Waals surface area contributed by atoms with Gasteiger partial charge in [0, 0.05) is 47.9 Å². The van der Waals surface area contributed by atoms with Gasteiger partial charge in [-0.3, -0.25) is 14.7 Å². The van der Waals surface area contributed by atoms with Crippen molar-refractivity contribution in [2.24, 2.45) is 0 Å². The standard InChI is InChI=1S/C25H28N4O3/c1-15(2)29-13-12-21-19(14-29)23(18-9-5-6-10-20(18)27-21)25(31)32-17(4)24(30)28-22-11-7-8-16(3)26-22/h5-11,15,17H,12-14H2,1-4H3,(H,26,28,30). The Kier molecular flexibility index (Phi) is 6.19. The number of pyridine rings is 2. The van der Waals surface area contributed by atoms with Crippen LogP contribution in [0, 0.1) is 6.92 Å². The van der Waals surface area contributed by atoms with Gasteiger partial charge in [0.1, 0.15) is 5.82 Å². The SMILES string of the molecule is Cc1cccc(NC(=O)C(C)OC(=O)c2c3c(nc4ccccc24)CCN(C(C)C)C3)n1. The van der Waals surface area contributed by atoms with E-state index in [0.29, 0.717) is 24.0 Å². The van der Waals surface area contributed by atoms with Crippen LogP contribution >= 0.6 is 0 Å². The molecule has 0 radical (unpaired) electrons. The minimum absolute atomic E-state index is 0.352. The van der Waals surface area contributed by atoms with Gasteiger partial charge in [-0.1, -0.05) is 24.3 Å². The summed E-state index contributed by atoms with van der Waals surface area (Å²) in [5.41, 5.74) is 3.87. The zero-order chi connectivity index (χ0) is 22.8. The number of carbonyl (C=O) groups is 2. The van der Waals surface area contributed by atoms with Gasteiger partial charge in [-0.05, 0) is 45.9 Å². The highest BCUT2D eigenvalue weighted by molar-refractivity contribution is 6.06. The summed E-state index contributed by atoms with van der Waals surface area (Å²) in [5.74, 6) is -0.505. The molecule has 0 spiro atoms. The molecule has 7 heteroatoms. The maximum absolute atomic E-state index is 13.4. The first kappa shape index (κ1) is 21.9. The number of hydrogen-bond donors (Lipinski definition) is 1. The normalized spacial score (nSPS) is 14.8. The lowest BCUT2D eigenvalue weighted by atomic mass is 9.95. The summed E-state index contributed by atoms with van der Waals surface area (Å²) in [4.78, 5) is 37.4. The first-order valence-corrected chi connectivity index (χ1v) is 10.9. The molecule has 2 aromatic heterocycles. The van der Waals surface area contributed by atoms with Crippen LogP contribution in [-0.4, -0.2) is 45.4 Å². The van der Waals surface area contributed by atoms with Crippen molar-refractivity contribution in [3.63, 3.8) is 0 Å². The lowest BCUT2D eigenvalue weighted by molar-refractivity contribution is -0.123. The third-order valence-corrected chi connectivity index (χ3v) is 5.80. The minimum atomic E-state index is -0.975. The van der Waals surface area contributed by atoms with Crippen LogP contribution in [0.5, 0.6) is 0 Å². The lowest BCUT2D eigenvalue weighted by Gasteiger charge is -2.32. The van der Waals surface area contributed by atoms with E-state index in [1.807, 2.05) is 43.3 Å². The summed E-state index contributed by atoms with van der Waals surface area (Å²) >= 11 is 0. The number of ether oxygens (including phenoxy) is 1. The zero-order valence-electron chi connectivity index (χ0n) is 18.9. The molecule has 1 unspecified atom stereocenters. The molecular formula is C25H28N4O3. The van der Waals surface area contributed by atoms with Gasteiger partial charge < -0.3 is 10.1 Å². The summed E-state index contributed by atoms with van der Waals surface area (Å²) in [6.45, 7) is 9.22. The van der Waals surface area contributed by atoms with Crippen molar-refractivity contribution in [3.05, 3.63) is 65.0 Å². The molecule has 0 saturated heterocycles. The maximum Gasteiger partial charge on any atom is 0.339 e. The summed E-state index contributed by atoms with van der Waals surface area (Å²) in [6.07, 6.45) is -0.203. The van der Waals surface area contributed by atoms with Crippen LogP contribution < -0.4 is 5.32 Å². The highest BCUT2D eigenvalue weighted by Gasteiger charge is 2.29. The highest BCUT2D eigenvalue weighted by atomic mass is 16.5. The van der Waals surface area contributed by atoms with Crippen molar-refractivity contribution in [1.29, 1.82) is 0 Å². The molecule has 166 valence electrons. The molecule has 1 aliphatic heterocycles. The number of esters is 1. The van der Waals surface area contributed by atoms with Crippen molar-refractivity contribution in [2.45, 2.75) is 52.8 Å². The van der Waals surface area contributed by atoms with Gasteiger partial charge in [0.2, 0.25) is 0 Å². The van der Waals surface area contributed by atoms with Gasteiger partial charge in [-0.2, -0.15) is 0 Å². The first-order chi connectivity index (χ1) is 15.3. The van der Waals surface area contributed by atoms with Crippen LogP contribution in [0.25, 0.3) is 10.9 Å². The predicted octanol–water partition coefficient (Wildman–Crippen LogP) is 3.89. The lowest BCUT2D eigenvalue weighted by Crippen LogP contribution is -2.38. The van der Waals surface area contributed by atoms with Crippen LogP contribution in [0.1, 0.15) is 48.1 Å². The minimum Gasteiger partial charge on any atom is -0.449 e. The number of amides is 1. The number of nitrogens with zero attached hydrogens (tertiary/aromatic N) is 3. The van der Waals surface area contributed by atoms with Crippen LogP contribution in [0.3, 0.4) is 0 Å². The van der Waals surface area contributed by atoms with Gasteiger partial charge in [-0.15, -0.1) is 0 Å². The van der Waals surface area contributed by atoms with Gasteiger partial charge in [0.05, 0.1) is 11.1 Å². The Morgan fingerprint density at radius 2 is 1.84 bits per heavy atom. The quantitative estimate of drug-likeness (QED) is 0.616. The number of rotatable bonds is 5. The fraction of sp³-hybridized carbons (Fsp3) is 0.360. The Balaban J connectivity index is 1.62. The van der Waals surface area contributed by atoms with Crippen LogP contribution in [0.15, 0.2) is 42.5 Å². The summed E-state index contributed by atoms with van der Waals surface area (Å²) in [6, 6.07) is 13.3. The number of aryl methyl sites for hydroxylation is 1. The van der Waals surface area contributed by atoms with Crippen LogP contribution in [0.2, 0.25) is 0 Å². The number of carbonyl (C=O) groups excluding carboxylic acids is 2. The Bertz CT molecular complexity index is 1180. The molecule has 1 N–H and O–H groups in total. The molecular weight excluding hydrogens is 404 g/mol. The first-order valence-electron chi connectivity index (χ1n) is 10.9. The number of fused-ring (bicyclic) bond motifs is 2. The average molecular weight is 433 g/mol. The Morgan fingerprint density at radius 3 is 2.59 bits per heavy atom. The number of benzene rings is 1. The Labute approximate surface area is 187 Å². The second-order valence-electron chi connectivity index (χ2n) is 8.44. The van der Waals surface area contributed by atoms with Gasteiger partial charge in [0.15, 0.2) is 6.10 Å². The third-order valence-electron chi connectivity index (χ3n) is 5.80. The molecule has 0 bridgehead atoms. The van der Waals surface area contributed by atoms with Crippen LogP contribution in [-0.2, 0) is 22.5 Å². The summed E-state index contributed by atoms with van der Waals surface area (Å²) in [7, 11) is 0. The number of nitrogens with one attached hydrogen (secondary N) is 1. The maximum atomic E-state index is 13.4. The monoisotopic (exact) mass is 432 g/mol. The third kappa shape index (κ3) is 4.48. The number of aromatic nitrogens is 2. The van der Waals surface area contributed by atoms with Crippen molar-refractivity contribution in [2.75, 3.05) is 11.9 Å². The van der Waals surface area contributed by atoms with Crippen molar-refractivity contribution in [1.82, 2.24) is 14.9 Å². The molecule has 1 atom stereocenters. The van der Waals surface area contributed by atoms with E-state index in [-0.39, 0.29) is 0 Å². The van der Waals surface area contributed by atoms with Gasteiger partial charge in [-0.25, -0.2) is 9.78 Å². The average Bonchev–Trinajstić information content (AvgIpc) is 2.76. The van der Waals surface area contributed by atoms with Crippen molar-refractivity contribution in [3.8, 4) is 0 Å². The van der Waals surface area contributed by atoms with Crippen molar-refractivity contribution < 1.29 is 14.3 Å². The highest BCUT2D eigenvalue weighted by Crippen LogP contribution is 2.29. The van der Waals surface area contributed by atoms with E-state index in [0.717, 1.165) is 40.8 Å². The topological polar surface area (TPSA) is 84.4 Å². The molecule has 0 fully saturated rings. The van der Waals surface area contributed by atoms with E-state index < -0.39 is 18.0 Å². The molecule has 3 heterocycles. The number of para-hydroxylation sites is 1. The molecule has 4 rings (SSSR count). The van der Waals surface area contributed by atoms with Crippen molar-refractivity contribution >= 4 is 28.6 Å². The molecule has 1 amide bonds. The molecule has 32 heavy (non-hydrogen) atoms. The van der Waals surface area contributed by atoms with Gasteiger partial charge >= 0.3 is 5.97 Å². The van der Waals surface area contributed by atoms with E-state index in [1.54, 1.807) is 13.0 Å². The summed E-state index contributed by atoms with van der Waals surface area (Å²) in [5, 5.41) is 3.46. The molecule has 3 aromatic rings. The van der Waals surface area contributed by atoms with E-state index >= 15 is 0 Å². The zero-order valence-corrected chi connectivity index (χ0v) is 18.9. The largest absolute Gasteiger partial charge is 0.449 e. The predicted molar refractivity (Wildman–Crippen MR) is 123 cm³/mol. The second kappa shape index (κ2) is 9.04. The van der Waals surface area contributed by atoms with E-state index in [2.05, 4.69) is 29.0 Å². The summed E-state index contributed by atoms with van der Waals surface area (Å²) < 4.78 is 5.65. The van der Waals surface area contributed by atoms with E-state index in [1.165, 1.54) is 0 Å². The van der Waals surface area contributed by atoms with E-state index in [9.17, 15) is 9.59 Å². The molecule has 0 saturated carbocycles. The number of hydrogen-bond acceptors (Lipinski definition) is 6. The molecule has 0 aliphatic carbocycles. The molecule has 7 nitrogen and oxygen atoms in total. The van der Waals surface area contributed by atoms with E-state index in [4.69, 9.17) is 9.72 Å². The van der Waals surface area contributed by atoms with Gasteiger partial charge in [0.25, 0.3) is 5.91 Å². The second-order valence-corrected chi connectivity index (χ2v) is 8.44. The molecule has 1 aliphatic rings. The fourth-order valence-corrected chi connectivity index (χ4v) is 4.00. The smallest absolute Gasteiger partial charge is 0.339 e. The van der Waals surface area contributed by atoms with Crippen LogP contribution in [0.4, 0.5) is 5.82 Å².